The lowest BCUT2D eigenvalue weighted by atomic mass is 9.83. The lowest BCUT2D eigenvalue weighted by Gasteiger charge is -2.27. The molecule has 0 aromatic heterocycles. The van der Waals surface area contributed by atoms with Gasteiger partial charge in [0.1, 0.15) is 0 Å². The molecule has 1 aliphatic heterocycles. The van der Waals surface area contributed by atoms with Crippen molar-refractivity contribution in [2.45, 2.75) is 64.4 Å². The van der Waals surface area contributed by atoms with E-state index in [1.807, 2.05) is 0 Å². The monoisotopic (exact) mass is 239 g/mol. The fourth-order valence-corrected chi connectivity index (χ4v) is 3.14. The lowest BCUT2D eigenvalue weighted by molar-refractivity contribution is 0.0114. The van der Waals surface area contributed by atoms with Crippen LogP contribution in [0.3, 0.4) is 0 Å². The zero-order valence-electron chi connectivity index (χ0n) is 11.4. The maximum atomic E-state index is 5.74. The molecule has 17 heavy (non-hydrogen) atoms. The minimum Gasteiger partial charge on any atom is -0.378 e. The van der Waals surface area contributed by atoms with Crippen molar-refractivity contribution in [2.75, 3.05) is 19.7 Å². The van der Waals surface area contributed by atoms with E-state index in [9.17, 15) is 0 Å². The Morgan fingerprint density at radius 2 is 1.88 bits per heavy atom. The zero-order valence-corrected chi connectivity index (χ0v) is 11.4. The van der Waals surface area contributed by atoms with E-state index in [1.165, 1.54) is 57.9 Å². The fourth-order valence-electron chi connectivity index (χ4n) is 3.14. The molecule has 2 nitrogen and oxygen atoms in total. The Kier molecular flexibility index (Phi) is 5.79. The highest BCUT2D eigenvalue weighted by atomic mass is 16.5. The first-order valence-electron chi connectivity index (χ1n) is 7.67. The van der Waals surface area contributed by atoms with E-state index in [0.717, 1.165) is 25.0 Å². The van der Waals surface area contributed by atoms with Gasteiger partial charge < -0.3 is 10.1 Å². The van der Waals surface area contributed by atoms with Crippen LogP contribution in [0.4, 0.5) is 0 Å². The highest BCUT2D eigenvalue weighted by molar-refractivity contribution is 4.72. The highest BCUT2D eigenvalue weighted by Crippen LogP contribution is 2.27. The van der Waals surface area contributed by atoms with Gasteiger partial charge >= 0.3 is 0 Å². The lowest BCUT2D eigenvalue weighted by Crippen LogP contribution is -2.30. The topological polar surface area (TPSA) is 21.3 Å². The Balaban J connectivity index is 1.48. The first-order chi connectivity index (χ1) is 8.34. The Bertz CT molecular complexity index is 193. The summed E-state index contributed by atoms with van der Waals surface area (Å²) in [6, 6.07) is 0. The summed E-state index contributed by atoms with van der Waals surface area (Å²) in [4.78, 5) is 0. The summed E-state index contributed by atoms with van der Waals surface area (Å²) in [5.41, 5.74) is 0. The number of nitrogens with one attached hydrogen (secondary N) is 1. The first-order valence-corrected chi connectivity index (χ1v) is 7.67. The normalized spacial score (nSPS) is 34.8. The van der Waals surface area contributed by atoms with Crippen molar-refractivity contribution in [3.63, 3.8) is 0 Å². The Morgan fingerprint density at radius 1 is 1.06 bits per heavy atom. The maximum Gasteiger partial charge on any atom is 0.0587 e. The molecule has 1 N–H and O–H groups in total. The molecule has 1 saturated heterocycles. The standard InChI is InChI=1S/C15H29NO/c1-13-5-7-14(8-6-13)12-16-10-9-15-4-2-3-11-17-15/h13-16H,2-12H2,1H3. The minimum atomic E-state index is 0.544. The van der Waals surface area contributed by atoms with Gasteiger partial charge in [-0.3, -0.25) is 0 Å². The van der Waals surface area contributed by atoms with Crippen LogP contribution in [0.15, 0.2) is 0 Å². The first kappa shape index (κ1) is 13.4. The van der Waals surface area contributed by atoms with Gasteiger partial charge in [-0.15, -0.1) is 0 Å². The van der Waals surface area contributed by atoms with Crippen molar-refractivity contribution < 1.29 is 4.74 Å². The quantitative estimate of drug-likeness (QED) is 0.743. The van der Waals surface area contributed by atoms with Gasteiger partial charge in [0.15, 0.2) is 0 Å². The van der Waals surface area contributed by atoms with E-state index >= 15 is 0 Å². The Hall–Kier alpha value is -0.0800. The van der Waals surface area contributed by atoms with Gasteiger partial charge in [-0.05, 0) is 63.5 Å². The summed E-state index contributed by atoms with van der Waals surface area (Å²) >= 11 is 0. The van der Waals surface area contributed by atoms with Crippen LogP contribution in [-0.2, 0) is 4.74 Å². The number of hydrogen-bond acceptors (Lipinski definition) is 2. The summed E-state index contributed by atoms with van der Waals surface area (Å²) in [5.74, 6) is 1.92. The SMILES string of the molecule is CC1CCC(CNCCC2CCCCO2)CC1. The molecule has 100 valence electrons. The molecule has 0 aromatic carbocycles. The van der Waals surface area contributed by atoms with Crippen molar-refractivity contribution in [3.05, 3.63) is 0 Å². The highest BCUT2D eigenvalue weighted by Gasteiger charge is 2.18. The molecular formula is C15H29NO. The van der Waals surface area contributed by atoms with Crippen molar-refractivity contribution in [1.82, 2.24) is 5.32 Å². The van der Waals surface area contributed by atoms with E-state index in [4.69, 9.17) is 4.74 Å². The second-order valence-corrected chi connectivity index (χ2v) is 6.11. The van der Waals surface area contributed by atoms with Gasteiger partial charge in [0, 0.05) is 6.61 Å². The molecule has 1 unspecified atom stereocenters. The van der Waals surface area contributed by atoms with Crippen molar-refractivity contribution in [3.8, 4) is 0 Å². The summed E-state index contributed by atoms with van der Waals surface area (Å²) in [5, 5.41) is 3.64. The Morgan fingerprint density at radius 3 is 2.59 bits per heavy atom. The molecule has 2 heteroatoms. The van der Waals surface area contributed by atoms with Gasteiger partial charge in [-0.1, -0.05) is 19.8 Å². The van der Waals surface area contributed by atoms with Crippen molar-refractivity contribution in [1.29, 1.82) is 0 Å². The largest absolute Gasteiger partial charge is 0.378 e. The van der Waals surface area contributed by atoms with Crippen LogP contribution in [0.2, 0.25) is 0 Å². The summed E-state index contributed by atoms with van der Waals surface area (Å²) in [6.45, 7) is 5.77. The summed E-state index contributed by atoms with van der Waals surface area (Å²) in [6.07, 6.45) is 11.4. The predicted octanol–water partition coefficient (Wildman–Crippen LogP) is 3.36. The summed E-state index contributed by atoms with van der Waals surface area (Å²) in [7, 11) is 0. The minimum absolute atomic E-state index is 0.544. The maximum absolute atomic E-state index is 5.74. The van der Waals surface area contributed by atoms with Crippen LogP contribution in [0, 0.1) is 11.8 Å². The Labute approximate surface area is 107 Å². The molecule has 0 aromatic rings. The average molecular weight is 239 g/mol. The average Bonchev–Trinajstić information content (AvgIpc) is 2.38. The molecule has 1 saturated carbocycles. The van der Waals surface area contributed by atoms with E-state index in [2.05, 4.69) is 12.2 Å². The van der Waals surface area contributed by atoms with Gasteiger partial charge in [-0.2, -0.15) is 0 Å². The van der Waals surface area contributed by atoms with Gasteiger partial charge in [0.2, 0.25) is 0 Å². The molecule has 1 atom stereocenters. The third kappa shape index (κ3) is 4.97. The second kappa shape index (κ2) is 7.38. The van der Waals surface area contributed by atoms with Gasteiger partial charge in [-0.25, -0.2) is 0 Å². The van der Waals surface area contributed by atoms with Gasteiger partial charge in [0.05, 0.1) is 6.10 Å². The second-order valence-electron chi connectivity index (χ2n) is 6.11. The van der Waals surface area contributed by atoms with Crippen LogP contribution >= 0.6 is 0 Å². The smallest absolute Gasteiger partial charge is 0.0587 e. The molecule has 0 amide bonds. The molecular weight excluding hydrogens is 210 g/mol. The van der Waals surface area contributed by atoms with Crippen LogP contribution in [0.5, 0.6) is 0 Å². The zero-order chi connectivity index (χ0) is 11.9. The molecule has 0 spiro atoms. The van der Waals surface area contributed by atoms with Crippen LogP contribution in [0.25, 0.3) is 0 Å². The van der Waals surface area contributed by atoms with Crippen LogP contribution in [0.1, 0.15) is 58.3 Å². The van der Waals surface area contributed by atoms with Gasteiger partial charge in [0.25, 0.3) is 0 Å². The molecule has 0 radical (unpaired) electrons. The number of ether oxygens (including phenoxy) is 1. The van der Waals surface area contributed by atoms with Crippen molar-refractivity contribution in [2.24, 2.45) is 11.8 Å². The molecule has 2 rings (SSSR count). The van der Waals surface area contributed by atoms with E-state index < -0.39 is 0 Å². The van der Waals surface area contributed by atoms with E-state index in [0.29, 0.717) is 6.10 Å². The number of rotatable bonds is 5. The molecule has 2 fully saturated rings. The van der Waals surface area contributed by atoms with Crippen LogP contribution < -0.4 is 5.32 Å². The third-order valence-corrected chi connectivity index (χ3v) is 4.49. The molecule has 2 aliphatic rings. The van der Waals surface area contributed by atoms with E-state index in [1.54, 1.807) is 0 Å². The molecule has 0 bridgehead atoms. The summed E-state index contributed by atoms with van der Waals surface area (Å²) < 4.78 is 5.74. The third-order valence-electron chi connectivity index (χ3n) is 4.49. The molecule has 1 aliphatic carbocycles. The molecule has 1 heterocycles. The predicted molar refractivity (Wildman–Crippen MR) is 72.2 cm³/mol. The van der Waals surface area contributed by atoms with Crippen LogP contribution in [-0.4, -0.2) is 25.8 Å². The number of hydrogen-bond donors (Lipinski definition) is 1. The van der Waals surface area contributed by atoms with E-state index in [-0.39, 0.29) is 0 Å². The van der Waals surface area contributed by atoms with Crippen molar-refractivity contribution >= 4 is 0 Å². The fraction of sp³-hybridized carbons (Fsp3) is 1.00.